The van der Waals surface area contributed by atoms with E-state index in [4.69, 9.17) is 0 Å². The van der Waals surface area contributed by atoms with E-state index in [0.29, 0.717) is 11.5 Å². The molecule has 3 aromatic heterocycles. The lowest BCUT2D eigenvalue weighted by molar-refractivity contribution is 0.0928. The number of pyridine rings is 1. The zero-order valence-corrected chi connectivity index (χ0v) is 12.2. The molecular formula is C15H16N6O. The lowest BCUT2D eigenvalue weighted by Gasteiger charge is -2.17. The summed E-state index contributed by atoms with van der Waals surface area (Å²) in [6.45, 7) is 0. The number of hydrogen-bond donors (Lipinski definition) is 1. The van der Waals surface area contributed by atoms with Crippen molar-refractivity contribution in [1.82, 2.24) is 29.5 Å². The monoisotopic (exact) mass is 296 g/mol. The highest BCUT2D eigenvalue weighted by atomic mass is 16.1. The molecule has 0 aromatic carbocycles. The second kappa shape index (κ2) is 4.94. The molecule has 1 aliphatic rings. The molecule has 1 atom stereocenters. The van der Waals surface area contributed by atoms with Gasteiger partial charge in [0.1, 0.15) is 17.8 Å². The van der Waals surface area contributed by atoms with Gasteiger partial charge in [-0.25, -0.2) is 9.97 Å². The van der Waals surface area contributed by atoms with Crippen LogP contribution in [0.5, 0.6) is 0 Å². The van der Waals surface area contributed by atoms with Crippen LogP contribution >= 0.6 is 0 Å². The van der Waals surface area contributed by atoms with Gasteiger partial charge in [-0.05, 0) is 30.9 Å². The Morgan fingerprint density at radius 3 is 2.95 bits per heavy atom. The van der Waals surface area contributed by atoms with E-state index in [1.807, 2.05) is 23.7 Å². The molecule has 22 heavy (non-hydrogen) atoms. The second-order valence-corrected chi connectivity index (χ2v) is 5.64. The number of hydrogen-bond acceptors (Lipinski definition) is 4. The number of fused-ring (bicyclic) bond motifs is 1. The fourth-order valence-electron chi connectivity index (χ4n) is 2.69. The third kappa shape index (κ3) is 2.24. The highest BCUT2D eigenvalue weighted by molar-refractivity contribution is 5.94. The van der Waals surface area contributed by atoms with E-state index in [2.05, 4.69) is 20.4 Å². The van der Waals surface area contributed by atoms with Gasteiger partial charge in [-0.15, -0.1) is 0 Å². The van der Waals surface area contributed by atoms with Crippen molar-refractivity contribution in [3.05, 3.63) is 48.4 Å². The summed E-state index contributed by atoms with van der Waals surface area (Å²) in [5, 5.41) is 7.20. The number of nitrogens with one attached hydrogen (secondary N) is 1. The number of carbonyl (C=O) groups excluding carboxylic acids is 1. The van der Waals surface area contributed by atoms with Crippen LogP contribution in [0.4, 0.5) is 0 Å². The Hall–Kier alpha value is -2.70. The fourth-order valence-corrected chi connectivity index (χ4v) is 2.69. The molecule has 7 nitrogen and oxygen atoms in total. The van der Waals surface area contributed by atoms with E-state index in [9.17, 15) is 4.79 Å². The molecule has 1 fully saturated rings. The van der Waals surface area contributed by atoms with Crippen LogP contribution in [0.25, 0.3) is 5.65 Å². The predicted molar refractivity (Wildman–Crippen MR) is 79.1 cm³/mol. The number of nitrogens with zero attached hydrogens (tertiary/aromatic N) is 5. The van der Waals surface area contributed by atoms with Crippen molar-refractivity contribution >= 4 is 11.6 Å². The van der Waals surface area contributed by atoms with Gasteiger partial charge in [0.05, 0.1) is 11.6 Å². The largest absolute Gasteiger partial charge is 0.342 e. The predicted octanol–water partition coefficient (Wildman–Crippen LogP) is 1.34. The molecule has 0 bridgehead atoms. The van der Waals surface area contributed by atoms with Crippen LogP contribution in [-0.4, -0.2) is 30.1 Å². The lowest BCUT2D eigenvalue weighted by Crippen LogP contribution is -2.32. The molecule has 1 amide bonds. The molecule has 3 heterocycles. The molecule has 0 spiro atoms. The van der Waals surface area contributed by atoms with Crippen LogP contribution < -0.4 is 5.32 Å². The van der Waals surface area contributed by atoms with Crippen molar-refractivity contribution in [2.75, 3.05) is 0 Å². The Bertz CT molecular complexity index is 831. The zero-order valence-electron chi connectivity index (χ0n) is 12.2. The number of carbonyl (C=O) groups is 1. The third-order valence-corrected chi connectivity index (χ3v) is 4.06. The van der Waals surface area contributed by atoms with Crippen LogP contribution in [0, 0.1) is 5.92 Å². The Morgan fingerprint density at radius 2 is 2.23 bits per heavy atom. The minimum atomic E-state index is -0.101. The summed E-state index contributed by atoms with van der Waals surface area (Å²) in [5.41, 5.74) is 1.43. The summed E-state index contributed by atoms with van der Waals surface area (Å²) in [6.07, 6.45) is 9.07. The number of aromatic nitrogens is 5. The lowest BCUT2D eigenvalue weighted by atomic mass is 10.1. The first-order chi connectivity index (χ1) is 10.7. The summed E-state index contributed by atoms with van der Waals surface area (Å²) in [5.74, 6) is 1.15. The van der Waals surface area contributed by atoms with Crippen molar-refractivity contribution in [2.45, 2.75) is 18.9 Å². The number of imidazole rings is 1. The first-order valence-corrected chi connectivity index (χ1v) is 7.30. The maximum Gasteiger partial charge on any atom is 0.253 e. The van der Waals surface area contributed by atoms with Crippen molar-refractivity contribution in [3.63, 3.8) is 0 Å². The molecule has 1 unspecified atom stereocenters. The van der Waals surface area contributed by atoms with Gasteiger partial charge in [0.15, 0.2) is 0 Å². The highest BCUT2D eigenvalue weighted by Gasteiger charge is 2.36. The molecular weight excluding hydrogens is 280 g/mol. The van der Waals surface area contributed by atoms with E-state index < -0.39 is 0 Å². The quantitative estimate of drug-likeness (QED) is 0.788. The van der Waals surface area contributed by atoms with Crippen LogP contribution in [-0.2, 0) is 7.05 Å². The summed E-state index contributed by atoms with van der Waals surface area (Å²) in [7, 11) is 1.85. The van der Waals surface area contributed by atoms with E-state index >= 15 is 0 Å². The molecule has 1 N–H and O–H groups in total. The van der Waals surface area contributed by atoms with Crippen molar-refractivity contribution in [3.8, 4) is 0 Å². The average Bonchev–Trinajstić information content (AvgIpc) is 3.10. The topological polar surface area (TPSA) is 77.1 Å². The van der Waals surface area contributed by atoms with Crippen LogP contribution in [0.15, 0.2) is 37.1 Å². The smallest absolute Gasteiger partial charge is 0.253 e. The third-order valence-electron chi connectivity index (χ3n) is 4.06. The average molecular weight is 296 g/mol. The van der Waals surface area contributed by atoms with E-state index in [1.165, 1.54) is 6.33 Å². The Morgan fingerprint density at radius 1 is 1.36 bits per heavy atom. The highest BCUT2D eigenvalue weighted by Crippen LogP contribution is 2.40. The SMILES string of the molecule is Cn1ncnc1C(NC(=O)c1ccc2nccn2c1)C1CC1. The molecule has 1 saturated carbocycles. The standard InChI is InChI=1S/C15H16N6O/c1-20-14(17-9-18-20)13(10-2-3-10)19-15(22)11-4-5-12-16-6-7-21(12)8-11/h4-10,13H,2-3H2,1H3,(H,19,22). The van der Waals surface area contributed by atoms with Gasteiger partial charge in [0.2, 0.25) is 0 Å². The zero-order chi connectivity index (χ0) is 15.1. The van der Waals surface area contributed by atoms with Crippen molar-refractivity contribution < 1.29 is 4.79 Å². The van der Waals surface area contributed by atoms with Gasteiger partial charge >= 0.3 is 0 Å². The Kier molecular flexibility index (Phi) is 2.92. The van der Waals surface area contributed by atoms with E-state index in [1.54, 1.807) is 23.1 Å². The van der Waals surface area contributed by atoms with Gasteiger partial charge in [-0.2, -0.15) is 5.10 Å². The summed E-state index contributed by atoms with van der Waals surface area (Å²) in [6, 6.07) is 3.54. The number of amides is 1. The van der Waals surface area contributed by atoms with Crippen molar-refractivity contribution in [2.24, 2.45) is 13.0 Å². The maximum absolute atomic E-state index is 12.6. The molecule has 1 aliphatic carbocycles. The minimum Gasteiger partial charge on any atom is -0.342 e. The molecule has 3 aromatic rings. The molecule has 0 saturated heterocycles. The van der Waals surface area contributed by atoms with Gasteiger partial charge in [0, 0.05) is 25.6 Å². The Balaban J connectivity index is 1.60. The van der Waals surface area contributed by atoms with Crippen molar-refractivity contribution in [1.29, 1.82) is 0 Å². The first kappa shape index (κ1) is 13.0. The molecule has 0 aliphatic heterocycles. The Labute approximate surface area is 127 Å². The number of aryl methyl sites for hydroxylation is 1. The van der Waals surface area contributed by atoms with E-state index in [-0.39, 0.29) is 11.9 Å². The summed E-state index contributed by atoms with van der Waals surface area (Å²) >= 11 is 0. The fraction of sp³-hybridized carbons (Fsp3) is 0.333. The van der Waals surface area contributed by atoms with Crippen LogP contribution in [0.2, 0.25) is 0 Å². The molecule has 4 rings (SSSR count). The van der Waals surface area contributed by atoms with Crippen LogP contribution in [0.3, 0.4) is 0 Å². The van der Waals surface area contributed by atoms with E-state index in [0.717, 1.165) is 24.3 Å². The van der Waals surface area contributed by atoms with Gasteiger partial charge in [-0.3, -0.25) is 9.48 Å². The van der Waals surface area contributed by atoms with Gasteiger partial charge in [-0.1, -0.05) is 0 Å². The van der Waals surface area contributed by atoms with Gasteiger partial charge < -0.3 is 9.72 Å². The number of rotatable bonds is 4. The minimum absolute atomic E-state index is 0.0847. The molecule has 7 heteroatoms. The normalized spacial score (nSPS) is 15.9. The summed E-state index contributed by atoms with van der Waals surface area (Å²) in [4.78, 5) is 21.0. The van der Waals surface area contributed by atoms with Crippen LogP contribution in [0.1, 0.15) is 35.1 Å². The summed E-state index contributed by atoms with van der Waals surface area (Å²) < 4.78 is 3.56. The maximum atomic E-state index is 12.6. The second-order valence-electron chi connectivity index (χ2n) is 5.64. The van der Waals surface area contributed by atoms with Gasteiger partial charge in [0.25, 0.3) is 5.91 Å². The first-order valence-electron chi connectivity index (χ1n) is 7.30. The molecule has 0 radical (unpaired) electrons. The molecule has 112 valence electrons.